The molecule has 2 N–H and O–H groups in total. The molecule has 0 radical (unpaired) electrons. The first-order valence-electron chi connectivity index (χ1n) is 7.75. The number of nitrogens with zero attached hydrogens (tertiary/aromatic N) is 1. The molecule has 0 spiro atoms. The lowest BCUT2D eigenvalue weighted by Crippen LogP contribution is -2.41. The molecule has 1 saturated carbocycles. The Morgan fingerprint density at radius 1 is 1.15 bits per heavy atom. The molecule has 114 valence electrons. The van der Waals surface area contributed by atoms with E-state index in [1.54, 1.807) is 0 Å². The molecule has 1 atom stereocenters. The van der Waals surface area contributed by atoms with Crippen LogP contribution >= 0.6 is 0 Å². The quantitative estimate of drug-likeness (QED) is 0.816. The van der Waals surface area contributed by atoms with Crippen molar-refractivity contribution >= 4 is 11.9 Å². The van der Waals surface area contributed by atoms with Gasteiger partial charge in [-0.25, -0.2) is 0 Å². The van der Waals surface area contributed by atoms with Gasteiger partial charge >= 0.3 is 5.97 Å². The van der Waals surface area contributed by atoms with Crippen LogP contribution in [0, 0.1) is 17.8 Å². The van der Waals surface area contributed by atoms with Gasteiger partial charge in [-0.3, -0.25) is 9.59 Å². The second-order valence-corrected chi connectivity index (χ2v) is 6.40. The Balaban J connectivity index is 1.69. The third-order valence-electron chi connectivity index (χ3n) is 4.73. The van der Waals surface area contributed by atoms with Crippen LogP contribution in [0.5, 0.6) is 0 Å². The van der Waals surface area contributed by atoms with Gasteiger partial charge in [0.1, 0.15) is 0 Å². The summed E-state index contributed by atoms with van der Waals surface area (Å²) in [7, 11) is 2.13. The number of rotatable bonds is 4. The van der Waals surface area contributed by atoms with Crippen molar-refractivity contribution in [3.05, 3.63) is 0 Å². The molecule has 5 nitrogen and oxygen atoms in total. The van der Waals surface area contributed by atoms with Gasteiger partial charge in [-0.2, -0.15) is 0 Å². The SMILES string of the molecule is CN1CCCC(CNC(=O)C2CCC(C(=O)O)CC2)C1. The lowest BCUT2D eigenvalue weighted by Gasteiger charge is -2.31. The van der Waals surface area contributed by atoms with Crippen LogP contribution < -0.4 is 5.32 Å². The van der Waals surface area contributed by atoms with Crippen LogP contribution in [0.4, 0.5) is 0 Å². The van der Waals surface area contributed by atoms with Gasteiger partial charge in [-0.1, -0.05) is 0 Å². The van der Waals surface area contributed by atoms with Gasteiger partial charge in [-0.05, 0) is 58.0 Å². The summed E-state index contributed by atoms with van der Waals surface area (Å²) in [4.78, 5) is 25.3. The van der Waals surface area contributed by atoms with E-state index in [-0.39, 0.29) is 17.7 Å². The molecule has 20 heavy (non-hydrogen) atoms. The van der Waals surface area contributed by atoms with Gasteiger partial charge in [0, 0.05) is 19.0 Å². The first kappa shape index (κ1) is 15.3. The number of nitrogens with one attached hydrogen (secondary N) is 1. The maximum atomic E-state index is 12.1. The highest BCUT2D eigenvalue weighted by Gasteiger charge is 2.30. The average Bonchev–Trinajstić information content (AvgIpc) is 2.45. The molecule has 1 heterocycles. The Hall–Kier alpha value is -1.10. The topological polar surface area (TPSA) is 69.6 Å². The minimum atomic E-state index is -0.714. The zero-order valence-electron chi connectivity index (χ0n) is 12.3. The molecule has 0 aromatic rings. The molecule has 2 aliphatic rings. The zero-order chi connectivity index (χ0) is 14.5. The smallest absolute Gasteiger partial charge is 0.306 e. The first-order valence-corrected chi connectivity index (χ1v) is 7.75. The van der Waals surface area contributed by atoms with Gasteiger partial charge in [0.15, 0.2) is 0 Å². The highest BCUT2D eigenvalue weighted by molar-refractivity contribution is 5.79. The fourth-order valence-electron chi connectivity index (χ4n) is 3.43. The van der Waals surface area contributed by atoms with Crippen molar-refractivity contribution in [1.29, 1.82) is 0 Å². The Labute approximate surface area is 120 Å². The summed E-state index contributed by atoms with van der Waals surface area (Å²) in [5, 5.41) is 12.0. The van der Waals surface area contributed by atoms with Gasteiger partial charge < -0.3 is 15.3 Å². The van der Waals surface area contributed by atoms with Crippen molar-refractivity contribution in [3.8, 4) is 0 Å². The average molecular weight is 282 g/mol. The predicted molar refractivity (Wildman–Crippen MR) is 76.3 cm³/mol. The van der Waals surface area contributed by atoms with E-state index in [0.29, 0.717) is 31.6 Å². The van der Waals surface area contributed by atoms with E-state index in [4.69, 9.17) is 5.11 Å². The normalized spacial score (nSPS) is 31.8. The van der Waals surface area contributed by atoms with Crippen LogP contribution in [-0.4, -0.2) is 48.6 Å². The number of carboxylic acid groups (broad SMARTS) is 1. The summed E-state index contributed by atoms with van der Waals surface area (Å²) in [5.74, 6) is -0.248. The molecule has 1 saturated heterocycles. The molecule has 1 aliphatic carbocycles. The number of carbonyl (C=O) groups is 2. The summed E-state index contributed by atoms with van der Waals surface area (Å²) in [6, 6.07) is 0. The third kappa shape index (κ3) is 4.20. The maximum absolute atomic E-state index is 12.1. The first-order chi connectivity index (χ1) is 9.56. The van der Waals surface area contributed by atoms with Crippen molar-refractivity contribution < 1.29 is 14.7 Å². The predicted octanol–water partition coefficient (Wildman–Crippen LogP) is 1.34. The van der Waals surface area contributed by atoms with Gasteiger partial charge in [0.05, 0.1) is 5.92 Å². The summed E-state index contributed by atoms with van der Waals surface area (Å²) >= 11 is 0. The lowest BCUT2D eigenvalue weighted by atomic mass is 9.81. The van der Waals surface area contributed by atoms with Crippen LogP contribution in [0.3, 0.4) is 0 Å². The molecule has 2 rings (SSSR count). The van der Waals surface area contributed by atoms with E-state index in [1.807, 2.05) is 0 Å². The zero-order valence-corrected chi connectivity index (χ0v) is 12.3. The number of carboxylic acids is 1. The van der Waals surface area contributed by atoms with Crippen LogP contribution in [0.15, 0.2) is 0 Å². The number of hydrogen-bond donors (Lipinski definition) is 2. The number of piperidine rings is 1. The lowest BCUT2D eigenvalue weighted by molar-refractivity contribution is -0.144. The summed E-state index contributed by atoms with van der Waals surface area (Å²) in [6.07, 6.45) is 5.11. The van der Waals surface area contributed by atoms with E-state index in [1.165, 1.54) is 12.8 Å². The maximum Gasteiger partial charge on any atom is 0.306 e. The fraction of sp³-hybridized carbons (Fsp3) is 0.867. The van der Waals surface area contributed by atoms with Crippen molar-refractivity contribution in [2.75, 3.05) is 26.7 Å². The standard InChI is InChI=1S/C15H26N2O3/c1-17-8-2-3-11(10-17)9-16-14(18)12-4-6-13(7-5-12)15(19)20/h11-13H,2-10H2,1H3,(H,16,18)(H,19,20). The molecule has 1 unspecified atom stereocenters. The second-order valence-electron chi connectivity index (χ2n) is 6.40. The van der Waals surface area contributed by atoms with E-state index in [2.05, 4.69) is 17.3 Å². The van der Waals surface area contributed by atoms with Crippen LogP contribution in [0.25, 0.3) is 0 Å². The molecule has 5 heteroatoms. The third-order valence-corrected chi connectivity index (χ3v) is 4.73. The Kier molecular flexibility index (Phi) is 5.40. The summed E-state index contributed by atoms with van der Waals surface area (Å²) < 4.78 is 0. The van der Waals surface area contributed by atoms with Gasteiger partial charge in [0.2, 0.25) is 5.91 Å². The fourth-order valence-corrected chi connectivity index (χ4v) is 3.43. The van der Waals surface area contributed by atoms with E-state index < -0.39 is 5.97 Å². The number of aliphatic carboxylic acids is 1. The van der Waals surface area contributed by atoms with Gasteiger partial charge in [0.25, 0.3) is 0 Å². The number of likely N-dealkylation sites (tertiary alicyclic amines) is 1. The molecule has 0 aromatic heterocycles. The molecule has 0 aromatic carbocycles. The Bertz CT molecular complexity index is 351. The molecule has 1 amide bonds. The second kappa shape index (κ2) is 7.07. The minimum absolute atomic E-state index is 0.0203. The molecule has 2 fully saturated rings. The largest absolute Gasteiger partial charge is 0.481 e. The molecule has 1 aliphatic heterocycles. The van der Waals surface area contributed by atoms with Crippen LogP contribution in [0.2, 0.25) is 0 Å². The monoisotopic (exact) mass is 282 g/mol. The van der Waals surface area contributed by atoms with Gasteiger partial charge in [-0.15, -0.1) is 0 Å². The van der Waals surface area contributed by atoms with Crippen molar-refractivity contribution in [2.45, 2.75) is 38.5 Å². The number of hydrogen-bond acceptors (Lipinski definition) is 3. The summed E-state index contributed by atoms with van der Waals surface area (Å²) in [6.45, 7) is 2.98. The van der Waals surface area contributed by atoms with E-state index in [0.717, 1.165) is 19.6 Å². The summed E-state index contributed by atoms with van der Waals surface area (Å²) in [5.41, 5.74) is 0. The van der Waals surface area contributed by atoms with Crippen molar-refractivity contribution in [1.82, 2.24) is 10.2 Å². The Morgan fingerprint density at radius 2 is 1.80 bits per heavy atom. The number of amides is 1. The molecule has 0 bridgehead atoms. The van der Waals surface area contributed by atoms with E-state index in [9.17, 15) is 9.59 Å². The van der Waals surface area contributed by atoms with Crippen LogP contribution in [0.1, 0.15) is 38.5 Å². The Morgan fingerprint density at radius 3 is 2.40 bits per heavy atom. The van der Waals surface area contributed by atoms with Crippen LogP contribution in [-0.2, 0) is 9.59 Å². The minimum Gasteiger partial charge on any atom is -0.481 e. The molecular formula is C15H26N2O3. The van der Waals surface area contributed by atoms with Crippen molar-refractivity contribution in [3.63, 3.8) is 0 Å². The highest BCUT2D eigenvalue weighted by atomic mass is 16.4. The van der Waals surface area contributed by atoms with Crippen molar-refractivity contribution in [2.24, 2.45) is 17.8 Å². The highest BCUT2D eigenvalue weighted by Crippen LogP contribution is 2.29. The number of carbonyl (C=O) groups excluding carboxylic acids is 1. The van der Waals surface area contributed by atoms with E-state index >= 15 is 0 Å². The molecular weight excluding hydrogens is 256 g/mol.